The van der Waals surface area contributed by atoms with Gasteiger partial charge in [-0.15, -0.1) is 10.2 Å². The fourth-order valence-electron chi connectivity index (χ4n) is 2.81. The van der Waals surface area contributed by atoms with Gasteiger partial charge in [-0.3, -0.25) is 9.36 Å². The summed E-state index contributed by atoms with van der Waals surface area (Å²) >= 11 is 1.35. The number of aromatic nitrogens is 3. The van der Waals surface area contributed by atoms with Gasteiger partial charge in [0.25, 0.3) is 0 Å². The molecule has 1 aliphatic rings. The Kier molecular flexibility index (Phi) is 4.94. The Balaban J connectivity index is 1.54. The number of amides is 1. The van der Waals surface area contributed by atoms with Crippen LogP contribution in [0.5, 0.6) is 0 Å². The number of halogens is 1. The van der Waals surface area contributed by atoms with Crippen LogP contribution in [0.25, 0.3) is 5.69 Å². The number of carbonyl (C=O) groups is 1. The van der Waals surface area contributed by atoms with Crippen LogP contribution in [0.3, 0.4) is 0 Å². The summed E-state index contributed by atoms with van der Waals surface area (Å²) in [6.45, 7) is 1.81. The van der Waals surface area contributed by atoms with Crippen molar-refractivity contribution in [2.45, 2.75) is 36.1 Å². The number of nitrogens with zero attached hydrogens (tertiary/aromatic N) is 3. The van der Waals surface area contributed by atoms with Gasteiger partial charge in [0.2, 0.25) is 5.91 Å². The zero-order chi connectivity index (χ0) is 18.8. The molecule has 1 N–H and O–H groups in total. The molecule has 7 heteroatoms. The first-order valence-corrected chi connectivity index (χ1v) is 9.73. The first kappa shape index (κ1) is 17.7. The smallest absolute Gasteiger partial charge is 0.237 e. The van der Waals surface area contributed by atoms with Crippen molar-refractivity contribution >= 4 is 23.4 Å². The van der Waals surface area contributed by atoms with Crippen LogP contribution in [-0.2, 0) is 4.79 Å². The van der Waals surface area contributed by atoms with Gasteiger partial charge in [-0.05, 0) is 50.1 Å². The maximum atomic E-state index is 13.3. The van der Waals surface area contributed by atoms with Crippen LogP contribution in [0.15, 0.2) is 59.8 Å². The van der Waals surface area contributed by atoms with Crippen LogP contribution in [-0.4, -0.2) is 25.9 Å². The molecule has 0 spiro atoms. The second kappa shape index (κ2) is 7.52. The quantitative estimate of drug-likeness (QED) is 0.642. The second-order valence-electron chi connectivity index (χ2n) is 6.55. The Morgan fingerprint density at radius 2 is 1.96 bits per heavy atom. The average molecular weight is 382 g/mol. The highest BCUT2D eigenvalue weighted by atomic mass is 32.2. The van der Waals surface area contributed by atoms with Crippen molar-refractivity contribution in [3.8, 4) is 5.69 Å². The van der Waals surface area contributed by atoms with E-state index in [9.17, 15) is 9.18 Å². The Morgan fingerprint density at radius 3 is 2.67 bits per heavy atom. The zero-order valence-electron chi connectivity index (χ0n) is 14.8. The molecule has 0 bridgehead atoms. The first-order chi connectivity index (χ1) is 13.1. The molecule has 0 radical (unpaired) electrons. The van der Waals surface area contributed by atoms with Gasteiger partial charge in [-0.25, -0.2) is 4.39 Å². The predicted octanol–water partition coefficient (Wildman–Crippen LogP) is 4.40. The summed E-state index contributed by atoms with van der Waals surface area (Å²) in [6, 6.07) is 15.8. The van der Waals surface area contributed by atoms with Crippen LogP contribution in [0.2, 0.25) is 0 Å². The molecule has 27 heavy (non-hydrogen) atoms. The standard InChI is InChI=1S/C20H19FN4OS/c1-13(19(26)22-16-7-5-6-15(21)12-16)27-20-24-23-18(14-10-11-14)25(20)17-8-3-2-4-9-17/h2-9,12-14H,10-11H2,1H3,(H,22,26)/t13-/m0/s1. The Morgan fingerprint density at radius 1 is 1.19 bits per heavy atom. The van der Waals surface area contributed by atoms with Crippen LogP contribution in [0.4, 0.5) is 10.1 Å². The van der Waals surface area contributed by atoms with Crippen LogP contribution in [0.1, 0.15) is 31.5 Å². The lowest BCUT2D eigenvalue weighted by Gasteiger charge is -2.14. The molecule has 138 valence electrons. The van der Waals surface area contributed by atoms with E-state index in [1.54, 1.807) is 19.1 Å². The molecule has 1 atom stereocenters. The molecule has 1 aliphatic carbocycles. The van der Waals surface area contributed by atoms with Gasteiger partial charge in [0.05, 0.1) is 5.25 Å². The fourth-order valence-corrected chi connectivity index (χ4v) is 3.68. The fraction of sp³-hybridized carbons (Fsp3) is 0.250. The minimum atomic E-state index is -0.410. The first-order valence-electron chi connectivity index (χ1n) is 8.85. The third-order valence-electron chi connectivity index (χ3n) is 4.36. The summed E-state index contributed by atoms with van der Waals surface area (Å²) < 4.78 is 15.3. The molecule has 5 nitrogen and oxygen atoms in total. The summed E-state index contributed by atoms with van der Waals surface area (Å²) in [4.78, 5) is 12.5. The van der Waals surface area contributed by atoms with E-state index < -0.39 is 5.25 Å². The van der Waals surface area contributed by atoms with E-state index in [0.717, 1.165) is 24.4 Å². The molecule has 4 rings (SSSR count). The zero-order valence-corrected chi connectivity index (χ0v) is 15.6. The highest BCUT2D eigenvalue weighted by Crippen LogP contribution is 2.41. The molecule has 1 aromatic heterocycles. The molecule has 3 aromatic rings. The summed E-state index contributed by atoms with van der Waals surface area (Å²) in [7, 11) is 0. The van der Waals surface area contributed by atoms with E-state index in [0.29, 0.717) is 16.8 Å². The van der Waals surface area contributed by atoms with Gasteiger partial charge >= 0.3 is 0 Å². The molecule has 0 unspecified atom stereocenters. The molecular formula is C20H19FN4OS. The van der Waals surface area contributed by atoms with Crippen LogP contribution < -0.4 is 5.32 Å². The number of rotatable bonds is 6. The highest BCUT2D eigenvalue weighted by Gasteiger charge is 2.31. The van der Waals surface area contributed by atoms with Crippen molar-refractivity contribution in [2.24, 2.45) is 0 Å². The van der Waals surface area contributed by atoms with Crippen molar-refractivity contribution in [1.29, 1.82) is 0 Å². The average Bonchev–Trinajstić information content (AvgIpc) is 3.43. The summed E-state index contributed by atoms with van der Waals surface area (Å²) in [5.41, 5.74) is 1.43. The second-order valence-corrected chi connectivity index (χ2v) is 7.85. The number of nitrogens with one attached hydrogen (secondary N) is 1. The number of anilines is 1. The highest BCUT2D eigenvalue weighted by molar-refractivity contribution is 8.00. The van der Waals surface area contributed by atoms with Gasteiger partial charge < -0.3 is 5.32 Å². The van der Waals surface area contributed by atoms with Crippen LogP contribution in [0, 0.1) is 5.82 Å². The molecule has 0 saturated heterocycles. The monoisotopic (exact) mass is 382 g/mol. The lowest BCUT2D eigenvalue weighted by molar-refractivity contribution is -0.115. The van der Waals surface area contributed by atoms with Gasteiger partial charge in [-0.1, -0.05) is 36.0 Å². The van der Waals surface area contributed by atoms with Gasteiger partial charge in [0.15, 0.2) is 5.16 Å². The lowest BCUT2D eigenvalue weighted by atomic mass is 10.3. The topological polar surface area (TPSA) is 59.8 Å². The van der Waals surface area contributed by atoms with E-state index in [-0.39, 0.29) is 11.7 Å². The normalized spacial score (nSPS) is 14.7. The molecule has 2 aromatic carbocycles. The lowest BCUT2D eigenvalue weighted by Crippen LogP contribution is -2.23. The van der Waals surface area contributed by atoms with E-state index in [1.165, 1.54) is 23.9 Å². The van der Waals surface area contributed by atoms with Crippen molar-refractivity contribution in [1.82, 2.24) is 14.8 Å². The summed E-state index contributed by atoms with van der Waals surface area (Å²) in [5.74, 6) is 0.789. The molecule has 1 fully saturated rings. The maximum absolute atomic E-state index is 13.3. The minimum Gasteiger partial charge on any atom is -0.325 e. The number of thioether (sulfide) groups is 1. The molecule has 1 amide bonds. The Bertz CT molecular complexity index is 956. The van der Waals surface area contributed by atoms with Crippen molar-refractivity contribution < 1.29 is 9.18 Å². The number of hydrogen-bond acceptors (Lipinski definition) is 4. The third-order valence-corrected chi connectivity index (χ3v) is 5.40. The number of hydrogen-bond donors (Lipinski definition) is 1. The maximum Gasteiger partial charge on any atom is 0.237 e. The number of carbonyl (C=O) groups excluding carboxylic acids is 1. The van der Waals surface area contributed by atoms with E-state index in [2.05, 4.69) is 15.5 Å². The van der Waals surface area contributed by atoms with E-state index in [4.69, 9.17) is 0 Å². The molecule has 1 saturated carbocycles. The van der Waals surface area contributed by atoms with Crippen molar-refractivity contribution in [3.63, 3.8) is 0 Å². The molecule has 0 aliphatic heterocycles. The van der Waals surface area contributed by atoms with Crippen molar-refractivity contribution in [3.05, 3.63) is 66.2 Å². The van der Waals surface area contributed by atoms with Crippen LogP contribution >= 0.6 is 11.8 Å². The Labute approximate surface area is 161 Å². The predicted molar refractivity (Wildman–Crippen MR) is 104 cm³/mol. The molecular weight excluding hydrogens is 363 g/mol. The number of para-hydroxylation sites is 1. The Hall–Kier alpha value is -2.67. The minimum absolute atomic E-state index is 0.207. The summed E-state index contributed by atoms with van der Waals surface area (Å²) in [5, 5.41) is 11.7. The third kappa shape index (κ3) is 4.03. The van der Waals surface area contributed by atoms with Gasteiger partial charge in [-0.2, -0.15) is 0 Å². The van der Waals surface area contributed by atoms with E-state index in [1.807, 2.05) is 34.9 Å². The summed E-state index contributed by atoms with van der Waals surface area (Å²) in [6.07, 6.45) is 2.23. The van der Waals surface area contributed by atoms with Gasteiger partial charge in [0.1, 0.15) is 11.6 Å². The SMILES string of the molecule is C[C@H](Sc1nnc(C2CC2)n1-c1ccccc1)C(=O)Nc1cccc(F)c1. The number of benzene rings is 2. The largest absolute Gasteiger partial charge is 0.325 e. The van der Waals surface area contributed by atoms with E-state index >= 15 is 0 Å². The molecule has 1 heterocycles. The van der Waals surface area contributed by atoms with Crippen molar-refractivity contribution in [2.75, 3.05) is 5.32 Å². The van der Waals surface area contributed by atoms with Gasteiger partial charge in [0, 0.05) is 17.3 Å².